The Kier molecular flexibility index (Phi) is 6.35. The van der Waals surface area contributed by atoms with Gasteiger partial charge in [-0.15, -0.1) is 0 Å². The SMILES string of the molecule is CCN(CC(C)CSC)c1sc(-c2ccc[n+](O)c2)nc1Cl. The van der Waals surface area contributed by atoms with Crippen LogP contribution in [0.25, 0.3) is 10.6 Å². The van der Waals surface area contributed by atoms with Gasteiger partial charge in [-0.2, -0.15) is 11.8 Å². The van der Waals surface area contributed by atoms with E-state index < -0.39 is 0 Å². The Morgan fingerprint density at radius 1 is 1.55 bits per heavy atom. The maximum absolute atomic E-state index is 9.53. The average Bonchev–Trinajstić information content (AvgIpc) is 2.87. The van der Waals surface area contributed by atoms with Gasteiger partial charge in [0.05, 0.1) is 5.56 Å². The summed E-state index contributed by atoms with van der Waals surface area (Å²) in [6.07, 6.45) is 5.33. The summed E-state index contributed by atoms with van der Waals surface area (Å²) < 4.78 is 1.03. The molecule has 0 aliphatic heterocycles. The molecule has 2 aromatic heterocycles. The molecule has 1 atom stereocenters. The Bertz CT molecular complexity index is 621. The second kappa shape index (κ2) is 8.04. The first-order valence-electron chi connectivity index (χ1n) is 7.16. The lowest BCUT2D eigenvalue weighted by Crippen LogP contribution is -2.28. The number of hydrogen-bond donors (Lipinski definition) is 1. The third-order valence-electron chi connectivity index (χ3n) is 3.25. The number of nitrogens with zero attached hydrogens (tertiary/aromatic N) is 3. The molecule has 2 rings (SSSR count). The Morgan fingerprint density at radius 2 is 2.32 bits per heavy atom. The van der Waals surface area contributed by atoms with Gasteiger partial charge < -0.3 is 4.90 Å². The summed E-state index contributed by atoms with van der Waals surface area (Å²) in [5.41, 5.74) is 0.858. The van der Waals surface area contributed by atoms with Gasteiger partial charge in [-0.1, -0.05) is 29.9 Å². The molecule has 0 saturated carbocycles. The number of thioether (sulfide) groups is 1. The summed E-state index contributed by atoms with van der Waals surface area (Å²) in [4.78, 5) is 6.73. The molecule has 22 heavy (non-hydrogen) atoms. The molecule has 120 valence electrons. The van der Waals surface area contributed by atoms with E-state index in [-0.39, 0.29) is 0 Å². The molecule has 2 heterocycles. The van der Waals surface area contributed by atoms with E-state index in [0.29, 0.717) is 11.1 Å². The van der Waals surface area contributed by atoms with E-state index in [9.17, 15) is 5.21 Å². The van der Waals surface area contributed by atoms with Crippen LogP contribution in [0.3, 0.4) is 0 Å². The molecular formula is C15H21ClN3OS2+. The van der Waals surface area contributed by atoms with Crippen molar-refractivity contribution in [3.8, 4) is 10.6 Å². The van der Waals surface area contributed by atoms with Gasteiger partial charge in [0.2, 0.25) is 12.4 Å². The highest BCUT2D eigenvalue weighted by atomic mass is 35.5. The molecular weight excluding hydrogens is 338 g/mol. The van der Waals surface area contributed by atoms with Gasteiger partial charge in [-0.3, -0.25) is 5.21 Å². The first kappa shape index (κ1) is 17.4. The van der Waals surface area contributed by atoms with Crippen molar-refractivity contribution in [2.75, 3.05) is 30.0 Å². The molecule has 0 saturated heterocycles. The molecule has 1 unspecified atom stereocenters. The molecule has 0 bridgehead atoms. The van der Waals surface area contributed by atoms with Crippen LogP contribution >= 0.6 is 34.7 Å². The van der Waals surface area contributed by atoms with E-state index in [1.165, 1.54) is 0 Å². The Labute approximate surface area is 144 Å². The fraction of sp³-hybridized carbons (Fsp3) is 0.467. The molecule has 2 aromatic rings. The maximum atomic E-state index is 9.53. The third kappa shape index (κ3) is 4.27. The van der Waals surface area contributed by atoms with E-state index in [2.05, 4.69) is 30.0 Å². The third-order valence-corrected chi connectivity index (χ3v) is 5.70. The second-order valence-electron chi connectivity index (χ2n) is 5.19. The van der Waals surface area contributed by atoms with Crippen molar-refractivity contribution in [2.24, 2.45) is 5.92 Å². The highest BCUT2D eigenvalue weighted by molar-refractivity contribution is 7.98. The molecule has 0 fully saturated rings. The average molecular weight is 359 g/mol. The number of rotatable bonds is 7. The zero-order valence-electron chi connectivity index (χ0n) is 13.0. The molecule has 0 spiro atoms. The molecule has 0 aliphatic carbocycles. The highest BCUT2D eigenvalue weighted by Gasteiger charge is 2.19. The largest absolute Gasteiger partial charge is 0.361 e. The summed E-state index contributed by atoms with van der Waals surface area (Å²) >= 11 is 9.78. The van der Waals surface area contributed by atoms with Crippen molar-refractivity contribution in [3.05, 3.63) is 29.7 Å². The minimum atomic E-state index is 0.534. The van der Waals surface area contributed by atoms with E-state index in [0.717, 1.165) is 39.1 Å². The first-order valence-corrected chi connectivity index (χ1v) is 9.75. The summed E-state index contributed by atoms with van der Waals surface area (Å²) in [6, 6.07) is 3.70. The van der Waals surface area contributed by atoms with Gasteiger partial charge in [-0.05, 0) is 30.9 Å². The van der Waals surface area contributed by atoms with Crippen molar-refractivity contribution in [3.63, 3.8) is 0 Å². The van der Waals surface area contributed by atoms with E-state index >= 15 is 0 Å². The van der Waals surface area contributed by atoms with Crippen LogP contribution < -0.4 is 9.63 Å². The summed E-state index contributed by atoms with van der Waals surface area (Å²) in [6.45, 7) is 6.24. The van der Waals surface area contributed by atoms with Crippen LogP contribution in [-0.4, -0.2) is 35.3 Å². The lowest BCUT2D eigenvalue weighted by molar-refractivity contribution is -0.904. The monoisotopic (exact) mass is 358 g/mol. The predicted octanol–water partition coefficient (Wildman–Crippen LogP) is 3.81. The predicted molar refractivity (Wildman–Crippen MR) is 95.4 cm³/mol. The van der Waals surface area contributed by atoms with Crippen molar-refractivity contribution < 1.29 is 9.94 Å². The molecule has 4 nitrogen and oxygen atoms in total. The van der Waals surface area contributed by atoms with Crippen LogP contribution in [0, 0.1) is 5.92 Å². The van der Waals surface area contributed by atoms with Gasteiger partial charge in [-0.25, -0.2) is 4.98 Å². The normalized spacial score (nSPS) is 12.4. The van der Waals surface area contributed by atoms with E-state index in [1.54, 1.807) is 29.8 Å². The van der Waals surface area contributed by atoms with E-state index in [1.807, 2.05) is 17.8 Å². The number of thiazole rings is 1. The topological polar surface area (TPSA) is 40.2 Å². The van der Waals surface area contributed by atoms with Gasteiger partial charge in [0.1, 0.15) is 10.0 Å². The van der Waals surface area contributed by atoms with Gasteiger partial charge in [0.25, 0.3) is 0 Å². The van der Waals surface area contributed by atoms with Crippen LogP contribution in [0.1, 0.15) is 13.8 Å². The Hall–Kier alpha value is -0.980. The lowest BCUT2D eigenvalue weighted by atomic mass is 10.2. The van der Waals surface area contributed by atoms with Crippen LogP contribution in [0.5, 0.6) is 0 Å². The number of pyridine rings is 1. The smallest absolute Gasteiger partial charge is 0.232 e. The standard InChI is InChI=1S/C15H21ClN3OS2/c1-4-18(8-11(2)10-21-3)15-13(16)17-14(22-15)12-6-5-7-19(20)9-12/h5-7,9,11,20H,4,8,10H2,1-3H3/q+1. The Balaban J connectivity index is 2.24. The molecule has 7 heteroatoms. The number of halogens is 1. The van der Waals surface area contributed by atoms with Crippen molar-refractivity contribution in [2.45, 2.75) is 13.8 Å². The Morgan fingerprint density at radius 3 is 2.95 bits per heavy atom. The van der Waals surface area contributed by atoms with Gasteiger partial charge >= 0.3 is 0 Å². The maximum Gasteiger partial charge on any atom is 0.232 e. The number of anilines is 1. The second-order valence-corrected chi connectivity index (χ2v) is 7.43. The van der Waals surface area contributed by atoms with Crippen molar-refractivity contribution in [1.82, 2.24) is 4.98 Å². The summed E-state index contributed by atoms with van der Waals surface area (Å²) in [5, 5.41) is 11.9. The summed E-state index contributed by atoms with van der Waals surface area (Å²) in [7, 11) is 0. The summed E-state index contributed by atoms with van der Waals surface area (Å²) in [5.74, 6) is 1.72. The number of hydrogen-bond acceptors (Lipinski definition) is 5. The number of aromatic nitrogens is 2. The quantitative estimate of drug-likeness (QED) is 0.603. The van der Waals surface area contributed by atoms with Crippen molar-refractivity contribution in [1.29, 1.82) is 0 Å². The van der Waals surface area contributed by atoms with E-state index in [4.69, 9.17) is 11.6 Å². The minimum Gasteiger partial charge on any atom is -0.361 e. The molecule has 0 radical (unpaired) electrons. The fourth-order valence-corrected chi connectivity index (χ4v) is 4.34. The van der Waals surface area contributed by atoms with Gasteiger partial charge in [0, 0.05) is 23.9 Å². The minimum absolute atomic E-state index is 0.534. The van der Waals surface area contributed by atoms with Crippen LogP contribution in [0.2, 0.25) is 5.15 Å². The molecule has 0 aromatic carbocycles. The first-order chi connectivity index (χ1) is 10.5. The highest BCUT2D eigenvalue weighted by Crippen LogP contribution is 2.37. The van der Waals surface area contributed by atoms with Crippen LogP contribution in [0.4, 0.5) is 5.00 Å². The van der Waals surface area contributed by atoms with Crippen LogP contribution in [0.15, 0.2) is 24.5 Å². The van der Waals surface area contributed by atoms with Crippen LogP contribution in [-0.2, 0) is 0 Å². The molecule has 0 aliphatic rings. The zero-order valence-corrected chi connectivity index (χ0v) is 15.4. The van der Waals surface area contributed by atoms with Crippen molar-refractivity contribution >= 4 is 39.7 Å². The zero-order chi connectivity index (χ0) is 16.1. The lowest BCUT2D eigenvalue weighted by Gasteiger charge is -2.24. The molecule has 0 amide bonds. The molecule has 1 N–H and O–H groups in total. The fourth-order valence-electron chi connectivity index (χ4n) is 2.27. The van der Waals surface area contributed by atoms with Gasteiger partial charge in [0.15, 0.2) is 5.15 Å².